The fraction of sp³-hybridized carbons (Fsp3) is 0.333. The maximum Gasteiger partial charge on any atom is 0.157 e. The van der Waals surface area contributed by atoms with Crippen LogP contribution < -0.4 is 4.74 Å². The standard InChI is InChI=1S/C21H24N4O2/c1-16-5-3-4-6-18(16)14-25-15-20(22-23-25)21-24(11-12-27-21)13-17-7-9-19(26-2)10-8-17/h3-10,15,21H,11-14H2,1-2H3/t21-/m0/s1. The summed E-state index contributed by atoms with van der Waals surface area (Å²) in [6.07, 6.45) is 1.83. The van der Waals surface area contributed by atoms with Gasteiger partial charge in [-0.1, -0.05) is 41.6 Å². The molecule has 1 aromatic heterocycles. The fourth-order valence-electron chi connectivity index (χ4n) is 3.37. The zero-order valence-electron chi connectivity index (χ0n) is 15.7. The molecular weight excluding hydrogens is 340 g/mol. The van der Waals surface area contributed by atoms with E-state index in [-0.39, 0.29) is 6.23 Å². The summed E-state index contributed by atoms with van der Waals surface area (Å²) in [4.78, 5) is 2.28. The Kier molecular flexibility index (Phi) is 5.18. The molecule has 0 unspecified atom stereocenters. The number of benzene rings is 2. The number of hydrogen-bond donors (Lipinski definition) is 0. The van der Waals surface area contributed by atoms with E-state index in [4.69, 9.17) is 9.47 Å². The molecule has 1 saturated heterocycles. The van der Waals surface area contributed by atoms with Gasteiger partial charge >= 0.3 is 0 Å². The maximum absolute atomic E-state index is 5.94. The molecule has 4 rings (SSSR count). The Hall–Kier alpha value is -2.70. The number of rotatable bonds is 6. The molecule has 0 aliphatic carbocycles. The lowest BCUT2D eigenvalue weighted by Crippen LogP contribution is -2.23. The predicted molar refractivity (Wildman–Crippen MR) is 102 cm³/mol. The molecule has 2 heterocycles. The van der Waals surface area contributed by atoms with Gasteiger partial charge in [-0.2, -0.15) is 0 Å². The van der Waals surface area contributed by atoms with Crippen molar-refractivity contribution in [3.05, 3.63) is 77.1 Å². The second-order valence-electron chi connectivity index (χ2n) is 6.81. The maximum atomic E-state index is 5.94. The Morgan fingerprint density at radius 3 is 2.70 bits per heavy atom. The first-order chi connectivity index (χ1) is 13.2. The first-order valence-electron chi connectivity index (χ1n) is 9.16. The topological polar surface area (TPSA) is 52.4 Å². The molecule has 0 amide bonds. The molecule has 0 radical (unpaired) electrons. The van der Waals surface area contributed by atoms with E-state index in [9.17, 15) is 0 Å². The molecule has 1 aliphatic rings. The molecule has 1 fully saturated rings. The van der Waals surface area contributed by atoms with Gasteiger partial charge in [0.2, 0.25) is 0 Å². The van der Waals surface area contributed by atoms with Crippen LogP contribution in [0, 0.1) is 6.92 Å². The van der Waals surface area contributed by atoms with Crippen molar-refractivity contribution in [2.24, 2.45) is 0 Å². The van der Waals surface area contributed by atoms with E-state index in [0.29, 0.717) is 13.2 Å². The zero-order valence-corrected chi connectivity index (χ0v) is 15.7. The van der Waals surface area contributed by atoms with Crippen molar-refractivity contribution in [3.8, 4) is 5.75 Å². The van der Waals surface area contributed by atoms with Crippen LogP contribution in [-0.2, 0) is 17.8 Å². The Morgan fingerprint density at radius 2 is 1.93 bits per heavy atom. The van der Waals surface area contributed by atoms with Gasteiger partial charge in [-0.25, -0.2) is 4.68 Å². The van der Waals surface area contributed by atoms with Gasteiger partial charge in [0.15, 0.2) is 6.23 Å². The highest BCUT2D eigenvalue weighted by molar-refractivity contribution is 5.27. The van der Waals surface area contributed by atoms with Crippen molar-refractivity contribution < 1.29 is 9.47 Å². The van der Waals surface area contributed by atoms with Crippen molar-refractivity contribution in [2.45, 2.75) is 26.2 Å². The Bertz CT molecular complexity index is 891. The van der Waals surface area contributed by atoms with Crippen LogP contribution in [-0.4, -0.2) is 40.2 Å². The van der Waals surface area contributed by atoms with Gasteiger partial charge in [0.05, 0.1) is 26.5 Å². The minimum absolute atomic E-state index is 0.155. The number of hydrogen-bond acceptors (Lipinski definition) is 5. The molecule has 1 aliphatic heterocycles. The minimum atomic E-state index is -0.155. The van der Waals surface area contributed by atoms with Gasteiger partial charge in [-0.15, -0.1) is 5.10 Å². The van der Waals surface area contributed by atoms with E-state index in [1.54, 1.807) is 7.11 Å². The normalized spacial score (nSPS) is 17.3. The van der Waals surface area contributed by atoms with Crippen LogP contribution in [0.15, 0.2) is 54.7 Å². The molecule has 140 valence electrons. The molecule has 6 nitrogen and oxygen atoms in total. The van der Waals surface area contributed by atoms with Crippen LogP contribution in [0.1, 0.15) is 28.6 Å². The number of aromatic nitrogens is 3. The average molecular weight is 364 g/mol. The number of aryl methyl sites for hydroxylation is 1. The predicted octanol–water partition coefficient (Wildman–Crippen LogP) is 3.17. The lowest BCUT2D eigenvalue weighted by atomic mass is 10.1. The van der Waals surface area contributed by atoms with E-state index >= 15 is 0 Å². The van der Waals surface area contributed by atoms with Gasteiger partial charge in [0.25, 0.3) is 0 Å². The van der Waals surface area contributed by atoms with Gasteiger partial charge in [-0.3, -0.25) is 4.90 Å². The number of methoxy groups -OCH3 is 1. The van der Waals surface area contributed by atoms with Crippen LogP contribution in [0.25, 0.3) is 0 Å². The highest BCUT2D eigenvalue weighted by Gasteiger charge is 2.29. The third kappa shape index (κ3) is 4.02. The van der Waals surface area contributed by atoms with E-state index in [1.165, 1.54) is 16.7 Å². The SMILES string of the molecule is COc1ccc(CN2CCO[C@H]2c2cn(Cc3ccccc3C)nn2)cc1. The van der Waals surface area contributed by atoms with Gasteiger partial charge in [-0.05, 0) is 35.7 Å². The second-order valence-corrected chi connectivity index (χ2v) is 6.81. The molecule has 0 saturated carbocycles. The molecule has 3 aromatic rings. The monoisotopic (exact) mass is 364 g/mol. The van der Waals surface area contributed by atoms with Crippen molar-refractivity contribution in [3.63, 3.8) is 0 Å². The average Bonchev–Trinajstić information content (AvgIpc) is 3.33. The molecule has 0 N–H and O–H groups in total. The molecule has 27 heavy (non-hydrogen) atoms. The second kappa shape index (κ2) is 7.90. The zero-order chi connectivity index (χ0) is 18.6. The highest BCUT2D eigenvalue weighted by atomic mass is 16.5. The third-order valence-corrected chi connectivity index (χ3v) is 4.93. The lowest BCUT2D eigenvalue weighted by molar-refractivity contribution is 0.0252. The van der Waals surface area contributed by atoms with E-state index in [1.807, 2.05) is 23.0 Å². The molecule has 6 heteroatoms. The van der Waals surface area contributed by atoms with Crippen LogP contribution in [0.2, 0.25) is 0 Å². The summed E-state index contributed by atoms with van der Waals surface area (Å²) in [5.41, 5.74) is 4.58. The van der Waals surface area contributed by atoms with Crippen molar-refractivity contribution >= 4 is 0 Å². The van der Waals surface area contributed by atoms with Crippen LogP contribution in [0.5, 0.6) is 5.75 Å². The molecule has 2 aromatic carbocycles. The van der Waals surface area contributed by atoms with Crippen molar-refractivity contribution in [1.29, 1.82) is 0 Å². The summed E-state index contributed by atoms with van der Waals surface area (Å²) in [6, 6.07) is 16.5. The van der Waals surface area contributed by atoms with Gasteiger partial charge in [0, 0.05) is 13.1 Å². The summed E-state index contributed by atoms with van der Waals surface area (Å²) in [6.45, 7) is 5.21. The summed E-state index contributed by atoms with van der Waals surface area (Å²) in [5.74, 6) is 0.868. The van der Waals surface area contributed by atoms with E-state index in [2.05, 4.69) is 58.5 Å². The van der Waals surface area contributed by atoms with E-state index < -0.39 is 0 Å². The van der Waals surface area contributed by atoms with Crippen molar-refractivity contribution in [2.75, 3.05) is 20.3 Å². The summed E-state index contributed by atoms with van der Waals surface area (Å²) in [7, 11) is 1.68. The lowest BCUT2D eigenvalue weighted by Gasteiger charge is -2.21. The smallest absolute Gasteiger partial charge is 0.157 e. The van der Waals surface area contributed by atoms with Crippen LogP contribution >= 0.6 is 0 Å². The fourth-order valence-corrected chi connectivity index (χ4v) is 3.37. The quantitative estimate of drug-likeness (QED) is 0.672. The summed E-state index contributed by atoms with van der Waals surface area (Å²) in [5, 5.41) is 8.67. The molecule has 0 bridgehead atoms. The number of ether oxygens (including phenoxy) is 2. The highest BCUT2D eigenvalue weighted by Crippen LogP contribution is 2.27. The Balaban J connectivity index is 1.45. The molecular formula is C21H24N4O2. The largest absolute Gasteiger partial charge is 0.497 e. The molecule has 0 spiro atoms. The Morgan fingerprint density at radius 1 is 1.11 bits per heavy atom. The van der Waals surface area contributed by atoms with Crippen LogP contribution in [0.4, 0.5) is 0 Å². The van der Waals surface area contributed by atoms with Crippen molar-refractivity contribution in [1.82, 2.24) is 19.9 Å². The minimum Gasteiger partial charge on any atom is -0.497 e. The van der Waals surface area contributed by atoms with Gasteiger partial charge < -0.3 is 9.47 Å². The first-order valence-corrected chi connectivity index (χ1v) is 9.16. The van der Waals surface area contributed by atoms with Crippen LogP contribution in [0.3, 0.4) is 0 Å². The Labute approximate surface area is 159 Å². The van der Waals surface area contributed by atoms with E-state index in [0.717, 1.165) is 24.5 Å². The third-order valence-electron chi connectivity index (χ3n) is 4.93. The summed E-state index contributed by atoms with van der Waals surface area (Å²) >= 11 is 0. The first kappa shape index (κ1) is 17.7. The number of nitrogens with zero attached hydrogens (tertiary/aromatic N) is 4. The molecule has 1 atom stereocenters. The summed E-state index contributed by atoms with van der Waals surface area (Å²) < 4.78 is 13.1. The van der Waals surface area contributed by atoms with Gasteiger partial charge in [0.1, 0.15) is 11.4 Å².